The standard InChI is InChI=1S/C10H10N4O/c11-14-10(15)9-6-13-5-8(9)7-1-3-12-4-2-7/h1-6,13H,11H2,(H,14,15). The van der Waals surface area contributed by atoms with Crippen LogP contribution in [0, 0.1) is 0 Å². The van der Waals surface area contributed by atoms with Crippen molar-refractivity contribution in [2.75, 3.05) is 0 Å². The summed E-state index contributed by atoms with van der Waals surface area (Å²) < 4.78 is 0. The molecule has 2 aromatic rings. The van der Waals surface area contributed by atoms with E-state index in [4.69, 9.17) is 5.84 Å². The van der Waals surface area contributed by atoms with Crippen LogP contribution < -0.4 is 11.3 Å². The van der Waals surface area contributed by atoms with Crippen LogP contribution in [0.2, 0.25) is 0 Å². The third-order valence-electron chi connectivity index (χ3n) is 2.11. The number of aromatic nitrogens is 2. The molecular formula is C10H10N4O. The number of carbonyl (C=O) groups is 1. The van der Waals surface area contributed by atoms with Crippen LogP contribution in [-0.2, 0) is 0 Å². The van der Waals surface area contributed by atoms with Crippen molar-refractivity contribution < 1.29 is 4.79 Å². The van der Waals surface area contributed by atoms with Gasteiger partial charge in [-0.2, -0.15) is 0 Å². The van der Waals surface area contributed by atoms with Crippen molar-refractivity contribution in [1.29, 1.82) is 0 Å². The number of aromatic amines is 1. The maximum Gasteiger partial charge on any atom is 0.267 e. The highest BCUT2D eigenvalue weighted by molar-refractivity contribution is 6.00. The minimum Gasteiger partial charge on any atom is -0.366 e. The predicted molar refractivity (Wildman–Crippen MR) is 55.7 cm³/mol. The highest BCUT2D eigenvalue weighted by Crippen LogP contribution is 2.22. The van der Waals surface area contributed by atoms with E-state index in [9.17, 15) is 4.79 Å². The summed E-state index contributed by atoms with van der Waals surface area (Å²) in [5.74, 6) is 4.77. The molecule has 0 saturated heterocycles. The number of carbonyl (C=O) groups excluding carboxylic acids is 1. The first-order chi connectivity index (χ1) is 7.33. The van der Waals surface area contributed by atoms with E-state index < -0.39 is 0 Å². The van der Waals surface area contributed by atoms with E-state index in [1.807, 2.05) is 12.1 Å². The molecule has 0 atom stereocenters. The number of hydrogen-bond acceptors (Lipinski definition) is 3. The van der Waals surface area contributed by atoms with Gasteiger partial charge < -0.3 is 4.98 Å². The number of hydrogen-bond donors (Lipinski definition) is 3. The Kier molecular flexibility index (Phi) is 2.47. The van der Waals surface area contributed by atoms with Crippen LogP contribution in [0.5, 0.6) is 0 Å². The van der Waals surface area contributed by atoms with Crippen molar-refractivity contribution in [3.8, 4) is 11.1 Å². The molecule has 0 aliphatic carbocycles. The molecule has 0 radical (unpaired) electrons. The lowest BCUT2D eigenvalue weighted by Gasteiger charge is -2.01. The summed E-state index contributed by atoms with van der Waals surface area (Å²) in [5, 5.41) is 0. The van der Waals surface area contributed by atoms with Crippen molar-refractivity contribution in [2.45, 2.75) is 0 Å². The summed E-state index contributed by atoms with van der Waals surface area (Å²) >= 11 is 0. The number of nitrogens with one attached hydrogen (secondary N) is 2. The first-order valence-corrected chi connectivity index (χ1v) is 4.41. The molecule has 0 bridgehead atoms. The average Bonchev–Trinajstić information content (AvgIpc) is 2.78. The quantitative estimate of drug-likeness (QED) is 0.380. The number of rotatable bonds is 2. The summed E-state index contributed by atoms with van der Waals surface area (Å²) in [6.45, 7) is 0. The number of nitrogen functional groups attached to an aromatic ring is 1. The second-order valence-electron chi connectivity index (χ2n) is 2.99. The molecular weight excluding hydrogens is 192 g/mol. The van der Waals surface area contributed by atoms with E-state index in [0.717, 1.165) is 11.1 Å². The Balaban J connectivity index is 2.46. The number of H-pyrrole nitrogens is 1. The lowest BCUT2D eigenvalue weighted by Crippen LogP contribution is -2.30. The first-order valence-electron chi connectivity index (χ1n) is 4.41. The van der Waals surface area contributed by atoms with Gasteiger partial charge in [0.05, 0.1) is 5.56 Å². The van der Waals surface area contributed by atoms with Gasteiger partial charge in [-0.1, -0.05) is 0 Å². The Hall–Kier alpha value is -2.14. The number of amides is 1. The zero-order valence-corrected chi connectivity index (χ0v) is 7.90. The molecule has 15 heavy (non-hydrogen) atoms. The SMILES string of the molecule is NNC(=O)c1c[nH]cc1-c1ccncc1. The van der Waals surface area contributed by atoms with Gasteiger partial charge in [0.15, 0.2) is 0 Å². The molecule has 76 valence electrons. The molecule has 0 spiro atoms. The van der Waals surface area contributed by atoms with Crippen LogP contribution in [0.3, 0.4) is 0 Å². The van der Waals surface area contributed by atoms with Crippen LogP contribution in [-0.4, -0.2) is 15.9 Å². The molecule has 0 aliphatic rings. The number of hydrazine groups is 1. The van der Waals surface area contributed by atoms with Gasteiger partial charge >= 0.3 is 0 Å². The van der Waals surface area contributed by atoms with Crippen LogP contribution in [0.4, 0.5) is 0 Å². The maximum absolute atomic E-state index is 11.4. The molecule has 0 aliphatic heterocycles. The second-order valence-corrected chi connectivity index (χ2v) is 2.99. The number of nitrogens with zero attached hydrogens (tertiary/aromatic N) is 1. The average molecular weight is 202 g/mol. The minimum absolute atomic E-state index is 0.317. The molecule has 0 aromatic carbocycles. The van der Waals surface area contributed by atoms with E-state index >= 15 is 0 Å². The minimum atomic E-state index is -0.317. The van der Waals surface area contributed by atoms with E-state index in [2.05, 4.69) is 15.4 Å². The Morgan fingerprint density at radius 3 is 2.73 bits per heavy atom. The predicted octanol–water partition coefficient (Wildman–Crippen LogP) is 0.680. The molecule has 2 aromatic heterocycles. The van der Waals surface area contributed by atoms with Gasteiger partial charge in [-0.15, -0.1) is 0 Å². The smallest absolute Gasteiger partial charge is 0.267 e. The first kappa shape index (κ1) is 9.42. The summed E-state index contributed by atoms with van der Waals surface area (Å²) in [5.41, 5.74) is 4.35. The Bertz CT molecular complexity index is 463. The lowest BCUT2D eigenvalue weighted by molar-refractivity contribution is 0.0954. The van der Waals surface area contributed by atoms with Gasteiger partial charge in [-0.05, 0) is 17.7 Å². The Morgan fingerprint density at radius 1 is 1.33 bits per heavy atom. The van der Waals surface area contributed by atoms with Crippen LogP contribution >= 0.6 is 0 Å². The van der Waals surface area contributed by atoms with Crippen molar-refractivity contribution in [3.05, 3.63) is 42.5 Å². The highest BCUT2D eigenvalue weighted by atomic mass is 16.2. The van der Waals surface area contributed by atoms with Gasteiger partial charge in [-0.3, -0.25) is 15.2 Å². The van der Waals surface area contributed by atoms with Crippen molar-refractivity contribution in [3.63, 3.8) is 0 Å². The van der Waals surface area contributed by atoms with E-state index in [1.165, 1.54) is 0 Å². The zero-order chi connectivity index (χ0) is 10.7. The Morgan fingerprint density at radius 2 is 2.07 bits per heavy atom. The van der Waals surface area contributed by atoms with Crippen molar-refractivity contribution in [2.24, 2.45) is 5.84 Å². The monoisotopic (exact) mass is 202 g/mol. The molecule has 0 unspecified atom stereocenters. The number of pyridine rings is 1. The normalized spacial score (nSPS) is 9.93. The Labute approximate surface area is 86.3 Å². The summed E-state index contributed by atoms with van der Waals surface area (Å²) in [6.07, 6.45) is 6.71. The van der Waals surface area contributed by atoms with Crippen LogP contribution in [0.1, 0.15) is 10.4 Å². The molecule has 4 N–H and O–H groups in total. The van der Waals surface area contributed by atoms with Gasteiger partial charge in [-0.25, -0.2) is 5.84 Å². The summed E-state index contributed by atoms with van der Waals surface area (Å²) in [4.78, 5) is 18.2. The molecule has 5 heteroatoms. The van der Waals surface area contributed by atoms with Gasteiger partial charge in [0.25, 0.3) is 5.91 Å². The van der Waals surface area contributed by atoms with Gasteiger partial charge in [0.1, 0.15) is 0 Å². The largest absolute Gasteiger partial charge is 0.366 e. The third kappa shape index (κ3) is 1.72. The molecule has 0 fully saturated rings. The highest BCUT2D eigenvalue weighted by Gasteiger charge is 2.12. The number of nitrogens with two attached hydrogens (primary N) is 1. The van der Waals surface area contributed by atoms with E-state index in [1.54, 1.807) is 24.8 Å². The molecule has 5 nitrogen and oxygen atoms in total. The van der Waals surface area contributed by atoms with Crippen molar-refractivity contribution >= 4 is 5.91 Å². The van der Waals surface area contributed by atoms with Crippen molar-refractivity contribution in [1.82, 2.24) is 15.4 Å². The fraction of sp³-hybridized carbons (Fsp3) is 0. The lowest BCUT2D eigenvalue weighted by atomic mass is 10.1. The summed E-state index contributed by atoms with van der Waals surface area (Å²) in [6, 6.07) is 3.66. The fourth-order valence-electron chi connectivity index (χ4n) is 1.40. The topological polar surface area (TPSA) is 83.8 Å². The van der Waals surface area contributed by atoms with E-state index in [0.29, 0.717) is 5.56 Å². The molecule has 2 rings (SSSR count). The molecule has 2 heterocycles. The molecule has 0 saturated carbocycles. The molecule has 1 amide bonds. The van der Waals surface area contributed by atoms with E-state index in [-0.39, 0.29) is 5.91 Å². The second kappa shape index (κ2) is 3.93. The fourth-order valence-corrected chi connectivity index (χ4v) is 1.40. The van der Waals surface area contributed by atoms with Crippen LogP contribution in [0.15, 0.2) is 36.9 Å². The van der Waals surface area contributed by atoms with Crippen LogP contribution in [0.25, 0.3) is 11.1 Å². The summed E-state index contributed by atoms with van der Waals surface area (Å²) in [7, 11) is 0. The zero-order valence-electron chi connectivity index (χ0n) is 7.90. The van der Waals surface area contributed by atoms with Gasteiger partial charge in [0, 0.05) is 30.4 Å². The third-order valence-corrected chi connectivity index (χ3v) is 2.11. The van der Waals surface area contributed by atoms with Gasteiger partial charge in [0.2, 0.25) is 0 Å². The maximum atomic E-state index is 11.4.